The molecule has 0 unspecified atom stereocenters. The zero-order valence-corrected chi connectivity index (χ0v) is 12.4. The number of amides is 1. The highest BCUT2D eigenvalue weighted by Gasteiger charge is 2.03. The second-order valence-corrected chi connectivity index (χ2v) is 4.75. The monoisotopic (exact) mass is 313 g/mol. The Kier molecular flexibility index (Phi) is 5.40. The minimum atomic E-state index is -0.481. The Bertz CT molecular complexity index is 726. The molecule has 7 nitrogen and oxygen atoms in total. The van der Waals surface area contributed by atoms with Gasteiger partial charge in [-0.1, -0.05) is 12.1 Å². The fourth-order valence-electron chi connectivity index (χ4n) is 1.75. The first-order valence-corrected chi connectivity index (χ1v) is 6.80. The van der Waals surface area contributed by atoms with Gasteiger partial charge in [0.1, 0.15) is 5.75 Å². The number of hydrogen-bond acceptors (Lipinski definition) is 5. The van der Waals surface area contributed by atoms with Gasteiger partial charge >= 0.3 is 0 Å². The molecule has 0 aliphatic carbocycles. The van der Waals surface area contributed by atoms with Gasteiger partial charge in [-0.2, -0.15) is 5.10 Å². The third-order valence-corrected chi connectivity index (χ3v) is 2.87. The van der Waals surface area contributed by atoms with Crippen LogP contribution in [0.4, 0.5) is 5.69 Å². The van der Waals surface area contributed by atoms with E-state index in [-0.39, 0.29) is 12.3 Å². The molecule has 0 aromatic heterocycles. The normalized spacial score (nSPS) is 10.5. The van der Waals surface area contributed by atoms with Gasteiger partial charge in [0, 0.05) is 12.1 Å². The van der Waals surface area contributed by atoms with Gasteiger partial charge in [-0.3, -0.25) is 14.9 Å². The van der Waals surface area contributed by atoms with Crippen molar-refractivity contribution in [2.24, 2.45) is 5.10 Å². The zero-order chi connectivity index (χ0) is 16.7. The van der Waals surface area contributed by atoms with E-state index in [2.05, 4.69) is 10.5 Å². The maximum atomic E-state index is 11.6. The zero-order valence-electron chi connectivity index (χ0n) is 12.4. The lowest BCUT2D eigenvalue weighted by molar-refractivity contribution is -0.384. The summed E-state index contributed by atoms with van der Waals surface area (Å²) < 4.78 is 5.33. The number of benzene rings is 2. The minimum Gasteiger partial charge on any atom is -0.484 e. The molecule has 0 atom stereocenters. The van der Waals surface area contributed by atoms with E-state index < -0.39 is 10.8 Å². The van der Waals surface area contributed by atoms with E-state index in [0.29, 0.717) is 11.3 Å². The lowest BCUT2D eigenvalue weighted by atomic mass is 10.2. The van der Waals surface area contributed by atoms with Gasteiger partial charge in [0.05, 0.1) is 11.1 Å². The van der Waals surface area contributed by atoms with Crippen LogP contribution in [0.25, 0.3) is 0 Å². The summed E-state index contributed by atoms with van der Waals surface area (Å²) in [5, 5.41) is 14.3. The Morgan fingerprint density at radius 1 is 1.30 bits per heavy atom. The Labute approximate surface area is 132 Å². The number of non-ortho nitro benzene ring substituents is 1. The van der Waals surface area contributed by atoms with Crippen LogP contribution in [0.15, 0.2) is 53.6 Å². The van der Waals surface area contributed by atoms with Crippen LogP contribution in [0.2, 0.25) is 0 Å². The van der Waals surface area contributed by atoms with Crippen molar-refractivity contribution >= 4 is 17.8 Å². The molecule has 0 heterocycles. The van der Waals surface area contributed by atoms with E-state index in [9.17, 15) is 14.9 Å². The van der Waals surface area contributed by atoms with Gasteiger partial charge in [0.25, 0.3) is 11.6 Å². The van der Waals surface area contributed by atoms with Crippen molar-refractivity contribution in [2.75, 3.05) is 6.61 Å². The van der Waals surface area contributed by atoms with Crippen LogP contribution in [-0.4, -0.2) is 23.7 Å². The van der Waals surface area contributed by atoms with Crippen molar-refractivity contribution in [3.8, 4) is 5.75 Å². The number of rotatable bonds is 6. The first-order valence-electron chi connectivity index (χ1n) is 6.80. The summed E-state index contributed by atoms with van der Waals surface area (Å²) in [6.45, 7) is 1.78. The van der Waals surface area contributed by atoms with E-state index in [1.807, 2.05) is 25.1 Å². The third-order valence-electron chi connectivity index (χ3n) is 2.87. The summed E-state index contributed by atoms with van der Waals surface area (Å²) in [5.41, 5.74) is 4.00. The van der Waals surface area contributed by atoms with Crippen LogP contribution >= 0.6 is 0 Å². The standard InChI is InChI=1S/C16H15N3O4/c1-12-3-2-4-15(9-12)23-11-16(20)18-17-10-13-5-7-14(8-6-13)19(21)22/h2-10H,11H2,1H3,(H,18,20). The molecule has 2 rings (SSSR count). The summed E-state index contributed by atoms with van der Waals surface area (Å²) in [5.74, 6) is 0.212. The quantitative estimate of drug-likeness (QED) is 0.503. The summed E-state index contributed by atoms with van der Waals surface area (Å²) in [4.78, 5) is 21.6. The topological polar surface area (TPSA) is 93.8 Å². The Morgan fingerprint density at radius 2 is 2.04 bits per heavy atom. The first-order chi connectivity index (χ1) is 11.0. The minimum absolute atomic E-state index is 0.00209. The van der Waals surface area contributed by atoms with E-state index in [0.717, 1.165) is 5.56 Å². The summed E-state index contributed by atoms with van der Waals surface area (Å²) in [6, 6.07) is 13.2. The largest absolute Gasteiger partial charge is 0.484 e. The van der Waals surface area contributed by atoms with Crippen molar-refractivity contribution in [1.29, 1.82) is 0 Å². The van der Waals surface area contributed by atoms with Crippen molar-refractivity contribution in [3.63, 3.8) is 0 Å². The van der Waals surface area contributed by atoms with Crippen molar-refractivity contribution in [2.45, 2.75) is 6.92 Å². The van der Waals surface area contributed by atoms with Crippen LogP contribution in [0.5, 0.6) is 5.75 Å². The predicted molar refractivity (Wildman–Crippen MR) is 85.5 cm³/mol. The van der Waals surface area contributed by atoms with Crippen LogP contribution in [-0.2, 0) is 4.79 Å². The SMILES string of the molecule is Cc1cccc(OCC(=O)NN=Cc2ccc([N+](=O)[O-])cc2)c1. The lowest BCUT2D eigenvalue weighted by Crippen LogP contribution is -2.24. The van der Waals surface area contributed by atoms with Gasteiger partial charge in [-0.25, -0.2) is 5.43 Å². The van der Waals surface area contributed by atoms with Crippen LogP contribution < -0.4 is 10.2 Å². The predicted octanol–water partition coefficient (Wildman–Crippen LogP) is 2.43. The molecule has 2 aromatic carbocycles. The van der Waals surface area contributed by atoms with Crippen molar-refractivity contribution < 1.29 is 14.5 Å². The third kappa shape index (κ3) is 5.24. The van der Waals surface area contributed by atoms with Gasteiger partial charge in [0.2, 0.25) is 0 Å². The van der Waals surface area contributed by atoms with Gasteiger partial charge in [-0.05, 0) is 42.3 Å². The van der Waals surface area contributed by atoms with E-state index in [1.165, 1.54) is 30.5 Å². The average molecular weight is 313 g/mol. The van der Waals surface area contributed by atoms with Gasteiger partial charge in [0.15, 0.2) is 6.61 Å². The highest BCUT2D eigenvalue weighted by molar-refractivity contribution is 5.83. The van der Waals surface area contributed by atoms with Crippen molar-refractivity contribution in [3.05, 3.63) is 69.8 Å². The maximum Gasteiger partial charge on any atom is 0.277 e. The second kappa shape index (κ2) is 7.69. The molecule has 0 spiro atoms. The van der Waals surface area contributed by atoms with Crippen LogP contribution in [0, 0.1) is 17.0 Å². The number of hydrogen-bond donors (Lipinski definition) is 1. The maximum absolute atomic E-state index is 11.6. The van der Waals surface area contributed by atoms with E-state index in [1.54, 1.807) is 6.07 Å². The fourth-order valence-corrected chi connectivity index (χ4v) is 1.75. The molecule has 2 aromatic rings. The number of ether oxygens (including phenoxy) is 1. The molecule has 7 heteroatoms. The molecule has 118 valence electrons. The number of aryl methyl sites for hydroxylation is 1. The molecular weight excluding hydrogens is 298 g/mol. The number of carbonyl (C=O) groups excluding carboxylic acids is 1. The van der Waals surface area contributed by atoms with Crippen LogP contribution in [0.3, 0.4) is 0 Å². The summed E-state index contributed by atoms with van der Waals surface area (Å²) >= 11 is 0. The summed E-state index contributed by atoms with van der Waals surface area (Å²) in [7, 11) is 0. The number of carbonyl (C=O) groups is 1. The average Bonchev–Trinajstić information content (AvgIpc) is 2.53. The fraction of sp³-hybridized carbons (Fsp3) is 0.125. The highest BCUT2D eigenvalue weighted by Crippen LogP contribution is 2.12. The number of nitro groups is 1. The number of nitro benzene ring substituents is 1. The number of hydrazone groups is 1. The molecule has 0 saturated carbocycles. The molecule has 0 fully saturated rings. The first kappa shape index (κ1) is 16.2. The lowest BCUT2D eigenvalue weighted by Gasteiger charge is -2.05. The molecule has 1 amide bonds. The second-order valence-electron chi connectivity index (χ2n) is 4.75. The molecule has 0 aliphatic rings. The smallest absolute Gasteiger partial charge is 0.277 e. The van der Waals surface area contributed by atoms with E-state index >= 15 is 0 Å². The molecule has 0 saturated heterocycles. The number of nitrogens with zero attached hydrogens (tertiary/aromatic N) is 2. The molecule has 0 radical (unpaired) electrons. The molecule has 1 N–H and O–H groups in total. The molecular formula is C16H15N3O4. The molecule has 23 heavy (non-hydrogen) atoms. The Balaban J connectivity index is 1.80. The summed E-state index contributed by atoms with van der Waals surface area (Å²) in [6.07, 6.45) is 1.40. The van der Waals surface area contributed by atoms with Gasteiger partial charge in [-0.15, -0.1) is 0 Å². The van der Waals surface area contributed by atoms with Gasteiger partial charge < -0.3 is 4.74 Å². The Morgan fingerprint density at radius 3 is 2.70 bits per heavy atom. The highest BCUT2D eigenvalue weighted by atomic mass is 16.6. The number of nitrogens with one attached hydrogen (secondary N) is 1. The molecule has 0 bridgehead atoms. The Hall–Kier alpha value is -3.22. The van der Waals surface area contributed by atoms with Crippen molar-refractivity contribution in [1.82, 2.24) is 5.43 Å². The molecule has 0 aliphatic heterocycles. The van der Waals surface area contributed by atoms with E-state index in [4.69, 9.17) is 4.74 Å². The van der Waals surface area contributed by atoms with Crippen LogP contribution in [0.1, 0.15) is 11.1 Å².